The Morgan fingerprint density at radius 2 is 1.73 bits per heavy atom. The number of nitriles is 1. The summed E-state index contributed by atoms with van der Waals surface area (Å²) in [6.07, 6.45) is 1.78. The Morgan fingerprint density at radius 1 is 1.03 bits per heavy atom. The molecule has 0 saturated carbocycles. The fourth-order valence-electron chi connectivity index (χ4n) is 2.56. The van der Waals surface area contributed by atoms with Gasteiger partial charge in [-0.05, 0) is 30.2 Å². The quantitative estimate of drug-likeness (QED) is 0.392. The molecule has 8 nitrogen and oxygen atoms in total. The summed E-state index contributed by atoms with van der Waals surface area (Å²) in [6, 6.07) is 15.6. The van der Waals surface area contributed by atoms with Crippen LogP contribution in [0.2, 0.25) is 0 Å². The average molecular weight is 407 g/mol. The average Bonchev–Trinajstić information content (AvgIpc) is 2.79. The number of hydrogen-bond acceptors (Lipinski definition) is 7. The molecule has 0 aliphatic carbocycles. The largest absolute Gasteiger partial charge is 0.465 e. The predicted octanol–water partition coefficient (Wildman–Crippen LogP) is 2.44. The molecule has 0 atom stereocenters. The molecule has 30 heavy (non-hydrogen) atoms. The Kier molecular flexibility index (Phi) is 8.15. The first-order valence-electron chi connectivity index (χ1n) is 8.99. The molecule has 0 saturated heterocycles. The fraction of sp³-hybridized carbons (Fsp3) is 0.182. The van der Waals surface area contributed by atoms with E-state index in [-0.39, 0.29) is 22.4 Å². The van der Waals surface area contributed by atoms with Crippen molar-refractivity contribution in [1.29, 1.82) is 5.26 Å². The van der Waals surface area contributed by atoms with Gasteiger partial charge in [-0.15, -0.1) is 0 Å². The second-order valence-corrected chi connectivity index (χ2v) is 6.05. The number of carbonyl (C=O) groups excluding carboxylic acids is 3. The molecular formula is C22H21N3O5. The Labute approximate surface area is 174 Å². The van der Waals surface area contributed by atoms with E-state index in [1.165, 1.54) is 38.6 Å². The third-order valence-corrected chi connectivity index (χ3v) is 4.13. The van der Waals surface area contributed by atoms with Crippen LogP contribution in [-0.4, -0.2) is 38.6 Å². The zero-order valence-corrected chi connectivity index (χ0v) is 16.6. The van der Waals surface area contributed by atoms with Crippen LogP contribution in [0.3, 0.4) is 0 Å². The Hall–Kier alpha value is -4.12. The number of benzene rings is 2. The van der Waals surface area contributed by atoms with Gasteiger partial charge in [0, 0.05) is 12.7 Å². The minimum Gasteiger partial charge on any atom is -0.465 e. The van der Waals surface area contributed by atoms with Crippen LogP contribution in [0.4, 0.5) is 5.69 Å². The van der Waals surface area contributed by atoms with Gasteiger partial charge in [0.05, 0.1) is 31.0 Å². The van der Waals surface area contributed by atoms with Crippen LogP contribution < -0.4 is 10.6 Å². The van der Waals surface area contributed by atoms with E-state index in [1.807, 2.05) is 36.4 Å². The summed E-state index contributed by atoms with van der Waals surface area (Å²) < 4.78 is 9.39. The van der Waals surface area contributed by atoms with E-state index in [1.54, 1.807) is 0 Å². The monoisotopic (exact) mass is 407 g/mol. The van der Waals surface area contributed by atoms with Crippen LogP contribution in [0.15, 0.2) is 60.3 Å². The maximum Gasteiger partial charge on any atom is 0.339 e. The molecule has 8 heteroatoms. The molecule has 1 amide bonds. The lowest BCUT2D eigenvalue weighted by Crippen LogP contribution is -2.27. The van der Waals surface area contributed by atoms with Gasteiger partial charge >= 0.3 is 11.9 Å². The summed E-state index contributed by atoms with van der Waals surface area (Å²) >= 11 is 0. The van der Waals surface area contributed by atoms with Crippen molar-refractivity contribution in [2.45, 2.75) is 6.42 Å². The number of anilines is 1. The molecule has 0 aromatic heterocycles. The molecule has 0 bridgehead atoms. The van der Waals surface area contributed by atoms with Crippen LogP contribution in [0, 0.1) is 11.3 Å². The molecule has 0 unspecified atom stereocenters. The van der Waals surface area contributed by atoms with Crippen molar-refractivity contribution in [2.75, 3.05) is 26.1 Å². The Balaban J connectivity index is 2.13. The molecule has 0 radical (unpaired) electrons. The van der Waals surface area contributed by atoms with E-state index >= 15 is 0 Å². The van der Waals surface area contributed by atoms with Crippen LogP contribution in [0.25, 0.3) is 0 Å². The van der Waals surface area contributed by atoms with Gasteiger partial charge in [0.15, 0.2) is 0 Å². The highest BCUT2D eigenvalue weighted by Gasteiger charge is 2.16. The second kappa shape index (κ2) is 11.0. The normalized spacial score (nSPS) is 10.5. The number of ether oxygens (including phenoxy) is 2. The van der Waals surface area contributed by atoms with Crippen molar-refractivity contribution >= 4 is 23.5 Å². The molecule has 2 aromatic rings. The number of nitrogens with zero attached hydrogens (tertiary/aromatic N) is 1. The highest BCUT2D eigenvalue weighted by molar-refractivity contribution is 6.00. The topological polar surface area (TPSA) is 118 Å². The summed E-state index contributed by atoms with van der Waals surface area (Å²) in [4.78, 5) is 36.0. The number of rotatable bonds is 8. The van der Waals surface area contributed by atoms with Gasteiger partial charge in [0.2, 0.25) is 0 Å². The van der Waals surface area contributed by atoms with E-state index < -0.39 is 17.8 Å². The van der Waals surface area contributed by atoms with Crippen molar-refractivity contribution in [3.8, 4) is 6.07 Å². The molecule has 2 aromatic carbocycles. The lowest BCUT2D eigenvalue weighted by atomic mass is 10.1. The Bertz CT molecular complexity index is 994. The smallest absolute Gasteiger partial charge is 0.339 e. The molecule has 0 fully saturated rings. The van der Waals surface area contributed by atoms with Gasteiger partial charge in [0.1, 0.15) is 11.6 Å². The van der Waals surface area contributed by atoms with Crippen molar-refractivity contribution in [1.82, 2.24) is 5.32 Å². The van der Waals surface area contributed by atoms with Gasteiger partial charge in [-0.2, -0.15) is 5.26 Å². The molecule has 0 heterocycles. The number of methoxy groups -OCH3 is 2. The zero-order chi connectivity index (χ0) is 21.9. The van der Waals surface area contributed by atoms with Crippen LogP contribution in [0.1, 0.15) is 26.3 Å². The number of esters is 2. The molecule has 0 aliphatic rings. The third kappa shape index (κ3) is 5.94. The van der Waals surface area contributed by atoms with Gasteiger partial charge in [-0.25, -0.2) is 9.59 Å². The van der Waals surface area contributed by atoms with Crippen molar-refractivity contribution in [3.63, 3.8) is 0 Å². The van der Waals surface area contributed by atoms with Gasteiger partial charge in [-0.3, -0.25) is 4.79 Å². The summed E-state index contributed by atoms with van der Waals surface area (Å²) in [6.45, 7) is 0.354. The minimum atomic E-state index is -0.645. The van der Waals surface area contributed by atoms with Crippen molar-refractivity contribution < 1.29 is 23.9 Å². The Morgan fingerprint density at radius 3 is 2.37 bits per heavy atom. The highest BCUT2D eigenvalue weighted by Crippen LogP contribution is 2.20. The maximum atomic E-state index is 12.3. The predicted molar refractivity (Wildman–Crippen MR) is 110 cm³/mol. The fourth-order valence-corrected chi connectivity index (χ4v) is 2.56. The minimum absolute atomic E-state index is 0.128. The van der Waals surface area contributed by atoms with E-state index in [0.29, 0.717) is 13.0 Å². The standard InChI is InChI=1S/C22H21N3O5/c1-29-21(27)16-8-9-18(22(28)30-2)19(12-16)25-14-17(13-23)20(26)24-11-10-15-6-4-3-5-7-15/h3-9,12,14,25H,10-11H2,1-2H3,(H,24,26)/b17-14-. The molecule has 0 aliphatic heterocycles. The van der Waals surface area contributed by atoms with E-state index in [4.69, 9.17) is 4.74 Å². The second-order valence-electron chi connectivity index (χ2n) is 6.05. The van der Waals surface area contributed by atoms with Gasteiger partial charge < -0.3 is 20.1 Å². The number of amides is 1. The molecule has 154 valence electrons. The molecule has 2 N–H and O–H groups in total. The highest BCUT2D eigenvalue weighted by atomic mass is 16.5. The third-order valence-electron chi connectivity index (χ3n) is 4.13. The molecular weight excluding hydrogens is 386 g/mol. The van der Waals surface area contributed by atoms with E-state index in [9.17, 15) is 19.6 Å². The first-order chi connectivity index (χ1) is 14.5. The molecule has 2 rings (SSSR count). The van der Waals surface area contributed by atoms with Crippen molar-refractivity contribution in [3.05, 3.63) is 77.0 Å². The summed E-state index contributed by atoms with van der Waals surface area (Å²) in [7, 11) is 2.45. The maximum absolute atomic E-state index is 12.3. The summed E-state index contributed by atoms with van der Waals surface area (Å²) in [5.74, 6) is -1.81. The first kappa shape index (κ1) is 22.2. The van der Waals surface area contributed by atoms with E-state index in [0.717, 1.165) is 5.56 Å². The summed E-state index contributed by atoms with van der Waals surface area (Å²) in [5, 5.41) is 14.7. The van der Waals surface area contributed by atoms with Gasteiger partial charge in [-0.1, -0.05) is 30.3 Å². The SMILES string of the molecule is COC(=O)c1ccc(C(=O)OC)c(N/C=C(/C#N)C(=O)NCCc2ccccc2)c1. The summed E-state index contributed by atoms with van der Waals surface area (Å²) in [5.41, 5.74) is 1.37. The lowest BCUT2D eigenvalue weighted by Gasteiger charge is -2.10. The zero-order valence-electron chi connectivity index (χ0n) is 16.6. The van der Waals surface area contributed by atoms with E-state index in [2.05, 4.69) is 15.4 Å². The first-order valence-corrected chi connectivity index (χ1v) is 8.99. The van der Waals surface area contributed by atoms with Crippen LogP contribution in [0.5, 0.6) is 0 Å². The van der Waals surface area contributed by atoms with Gasteiger partial charge in [0.25, 0.3) is 5.91 Å². The van der Waals surface area contributed by atoms with Crippen molar-refractivity contribution in [2.24, 2.45) is 0 Å². The van der Waals surface area contributed by atoms with Crippen LogP contribution >= 0.6 is 0 Å². The van der Waals surface area contributed by atoms with Crippen LogP contribution in [-0.2, 0) is 20.7 Å². The number of hydrogen-bond donors (Lipinski definition) is 2. The lowest BCUT2D eigenvalue weighted by molar-refractivity contribution is -0.117. The molecule has 0 spiro atoms. The number of carbonyl (C=O) groups is 3. The number of nitrogens with one attached hydrogen (secondary N) is 2.